The molecule has 0 bridgehead atoms. The monoisotopic (exact) mass is 483 g/mol. The molecule has 1 aromatic carbocycles. The third kappa shape index (κ3) is 5.83. The third-order valence-electron chi connectivity index (χ3n) is 7.27. The summed E-state index contributed by atoms with van der Waals surface area (Å²) < 4.78 is 16.8. The van der Waals surface area contributed by atoms with Crippen molar-refractivity contribution in [1.82, 2.24) is 15.2 Å². The molecule has 2 aliphatic carbocycles. The number of benzene rings is 1. The van der Waals surface area contributed by atoms with Gasteiger partial charge in [0.15, 0.2) is 11.7 Å². The minimum Gasteiger partial charge on any atom is -0.436 e. The molecule has 35 heavy (non-hydrogen) atoms. The number of ether oxygens (including phenoxy) is 2. The van der Waals surface area contributed by atoms with Crippen LogP contribution in [0.2, 0.25) is 0 Å². The van der Waals surface area contributed by atoms with Crippen LogP contribution in [0.1, 0.15) is 62.1 Å². The lowest BCUT2D eigenvalue weighted by Gasteiger charge is -2.32. The Morgan fingerprint density at radius 1 is 1.06 bits per heavy atom. The second-order valence-corrected chi connectivity index (χ2v) is 9.88. The number of aromatic nitrogens is 1. The van der Waals surface area contributed by atoms with E-state index in [1.165, 1.54) is 6.42 Å². The number of carbonyl (C=O) groups is 3. The molecule has 1 unspecified atom stereocenters. The van der Waals surface area contributed by atoms with E-state index in [0.717, 1.165) is 38.5 Å². The molecule has 1 aliphatic heterocycles. The number of nitrogens with one attached hydrogen (secondary N) is 1. The van der Waals surface area contributed by atoms with Gasteiger partial charge in [-0.05, 0) is 43.2 Å². The first kappa shape index (κ1) is 23.8. The lowest BCUT2D eigenvalue weighted by molar-refractivity contribution is -0.145. The summed E-state index contributed by atoms with van der Waals surface area (Å²) in [6, 6.07) is 6.37. The highest BCUT2D eigenvalue weighted by Crippen LogP contribution is 2.35. The van der Waals surface area contributed by atoms with Gasteiger partial charge in [0.1, 0.15) is 11.6 Å². The Bertz CT molecular complexity index is 1020. The van der Waals surface area contributed by atoms with Crippen LogP contribution in [-0.2, 0) is 14.3 Å². The minimum atomic E-state index is -0.865. The molecular formula is C26H33N3O6. The Balaban J connectivity index is 1.27. The second kappa shape index (κ2) is 10.8. The van der Waals surface area contributed by atoms with Gasteiger partial charge in [-0.15, -0.1) is 0 Å². The topological polar surface area (TPSA) is 111 Å². The van der Waals surface area contributed by atoms with Crippen LogP contribution in [-0.4, -0.2) is 66.1 Å². The molecule has 0 spiro atoms. The van der Waals surface area contributed by atoms with Gasteiger partial charge in [0.2, 0.25) is 5.78 Å². The smallest absolute Gasteiger partial charge is 0.408 e. The summed E-state index contributed by atoms with van der Waals surface area (Å²) in [4.78, 5) is 45.5. The van der Waals surface area contributed by atoms with Gasteiger partial charge in [-0.1, -0.05) is 44.2 Å². The quantitative estimate of drug-likeness (QED) is 0.570. The zero-order chi connectivity index (χ0) is 24.2. The molecule has 1 saturated heterocycles. The highest BCUT2D eigenvalue weighted by molar-refractivity contribution is 6.00. The number of para-hydroxylation sites is 2. The van der Waals surface area contributed by atoms with Crippen LogP contribution in [0, 0.1) is 11.8 Å². The molecule has 5 rings (SSSR count). The third-order valence-corrected chi connectivity index (χ3v) is 7.27. The van der Waals surface area contributed by atoms with Gasteiger partial charge in [0.05, 0.1) is 13.2 Å². The van der Waals surface area contributed by atoms with E-state index in [4.69, 9.17) is 13.9 Å². The number of amides is 2. The lowest BCUT2D eigenvalue weighted by atomic mass is 9.85. The fourth-order valence-electron chi connectivity index (χ4n) is 5.14. The number of hydrogen-bond acceptors (Lipinski definition) is 7. The molecular weight excluding hydrogens is 450 g/mol. The van der Waals surface area contributed by atoms with Gasteiger partial charge in [-0.25, -0.2) is 9.78 Å². The summed E-state index contributed by atoms with van der Waals surface area (Å²) >= 11 is 0. The largest absolute Gasteiger partial charge is 0.436 e. The van der Waals surface area contributed by atoms with Crippen LogP contribution in [0.15, 0.2) is 28.7 Å². The van der Waals surface area contributed by atoms with Gasteiger partial charge < -0.3 is 24.1 Å². The summed E-state index contributed by atoms with van der Waals surface area (Å²) in [6.07, 6.45) is 6.12. The molecule has 2 atom stereocenters. The molecule has 1 aromatic heterocycles. The fourth-order valence-corrected chi connectivity index (χ4v) is 5.14. The van der Waals surface area contributed by atoms with Crippen LogP contribution in [0.4, 0.5) is 4.79 Å². The average Bonchev–Trinajstić information content (AvgIpc) is 3.64. The summed E-state index contributed by atoms with van der Waals surface area (Å²) in [5, 5.41) is 2.74. The number of alkyl carbamates (subject to hydrolysis) is 1. The van der Waals surface area contributed by atoms with E-state index >= 15 is 0 Å². The van der Waals surface area contributed by atoms with E-state index in [-0.39, 0.29) is 23.5 Å². The number of oxazole rings is 1. The second-order valence-electron chi connectivity index (χ2n) is 9.88. The normalized spacial score (nSPS) is 20.9. The molecule has 9 heteroatoms. The summed E-state index contributed by atoms with van der Waals surface area (Å²) in [6.45, 7) is 1.95. The van der Waals surface area contributed by atoms with E-state index < -0.39 is 18.2 Å². The number of hydrogen-bond donors (Lipinski definition) is 1. The van der Waals surface area contributed by atoms with E-state index in [0.29, 0.717) is 49.7 Å². The van der Waals surface area contributed by atoms with Crippen molar-refractivity contribution in [3.8, 4) is 0 Å². The molecule has 2 saturated carbocycles. The number of fused-ring (bicyclic) bond motifs is 1. The predicted molar refractivity (Wildman–Crippen MR) is 127 cm³/mol. The summed E-state index contributed by atoms with van der Waals surface area (Å²) in [7, 11) is 0. The highest BCUT2D eigenvalue weighted by atomic mass is 16.6. The summed E-state index contributed by atoms with van der Waals surface area (Å²) in [5.41, 5.74) is 1.12. The number of nitrogens with zero attached hydrogens (tertiary/aromatic N) is 2. The zero-order valence-corrected chi connectivity index (χ0v) is 19.9. The number of ketones is 1. The van der Waals surface area contributed by atoms with Crippen molar-refractivity contribution in [3.05, 3.63) is 30.2 Å². The van der Waals surface area contributed by atoms with Crippen molar-refractivity contribution in [2.75, 3.05) is 26.3 Å². The number of morpholine rings is 1. The van der Waals surface area contributed by atoms with E-state index in [9.17, 15) is 14.4 Å². The lowest BCUT2D eigenvalue weighted by Crippen LogP contribution is -2.50. The molecule has 3 aliphatic rings. The van der Waals surface area contributed by atoms with E-state index in [2.05, 4.69) is 10.3 Å². The first-order chi connectivity index (χ1) is 17.1. The maximum Gasteiger partial charge on any atom is 0.408 e. The Hall–Kier alpha value is -2.94. The zero-order valence-electron chi connectivity index (χ0n) is 19.9. The van der Waals surface area contributed by atoms with Crippen molar-refractivity contribution in [1.29, 1.82) is 0 Å². The van der Waals surface area contributed by atoms with Crippen molar-refractivity contribution >= 4 is 28.9 Å². The van der Waals surface area contributed by atoms with Crippen LogP contribution >= 0.6 is 0 Å². The van der Waals surface area contributed by atoms with Gasteiger partial charge in [0.25, 0.3) is 11.8 Å². The number of rotatable bonds is 8. The first-order valence-electron chi connectivity index (χ1n) is 12.8. The molecule has 188 valence electrons. The van der Waals surface area contributed by atoms with E-state index in [1.807, 2.05) is 12.1 Å². The molecule has 3 fully saturated rings. The molecule has 2 heterocycles. The molecule has 2 aromatic rings. The Morgan fingerprint density at radius 3 is 2.51 bits per heavy atom. The van der Waals surface area contributed by atoms with Crippen LogP contribution in [0.5, 0.6) is 0 Å². The van der Waals surface area contributed by atoms with Crippen molar-refractivity contribution in [3.63, 3.8) is 0 Å². The molecule has 9 nitrogen and oxygen atoms in total. The number of Topliss-reactive ketones (excluding diaryl/α,β-unsaturated/α-hetero) is 1. The van der Waals surface area contributed by atoms with Crippen LogP contribution < -0.4 is 5.32 Å². The Labute approximate surface area is 204 Å². The molecule has 0 radical (unpaired) electrons. The van der Waals surface area contributed by atoms with Gasteiger partial charge in [0, 0.05) is 13.1 Å². The number of carbonyl (C=O) groups excluding carboxylic acids is 3. The summed E-state index contributed by atoms with van der Waals surface area (Å²) in [5.74, 6) is -0.207. The van der Waals surface area contributed by atoms with Gasteiger partial charge in [-0.2, -0.15) is 0 Å². The maximum atomic E-state index is 13.3. The maximum absolute atomic E-state index is 13.3. The molecule has 2 amide bonds. The highest BCUT2D eigenvalue weighted by Gasteiger charge is 2.41. The first-order valence-corrected chi connectivity index (χ1v) is 12.8. The van der Waals surface area contributed by atoms with E-state index in [1.54, 1.807) is 17.0 Å². The average molecular weight is 484 g/mol. The Kier molecular flexibility index (Phi) is 7.32. The van der Waals surface area contributed by atoms with Crippen LogP contribution in [0.3, 0.4) is 0 Å². The Morgan fingerprint density at radius 2 is 1.80 bits per heavy atom. The van der Waals surface area contributed by atoms with Crippen molar-refractivity contribution < 1.29 is 28.3 Å². The minimum absolute atomic E-state index is 0.0109. The fraction of sp³-hybridized carbons (Fsp3) is 0.615. The van der Waals surface area contributed by atoms with Gasteiger partial charge >= 0.3 is 6.09 Å². The standard InChI is InChI=1S/C26H33N3O6/c30-23(24-27-19-8-4-5-9-20(19)34-24)22(18-10-11-18)28-26(32)35-21(16-17-6-2-1-3-7-17)25(31)29-12-14-33-15-13-29/h4-5,8-9,17-18,21-22H,1-3,6-7,10-16H2,(H,28,32)/t21-,22?/m0/s1. The molecule has 1 N–H and O–H groups in total. The van der Waals surface area contributed by atoms with Gasteiger partial charge in [-0.3, -0.25) is 9.59 Å². The SMILES string of the molecule is O=C(NC(C(=O)c1nc2ccccc2o1)C1CC1)O[C@@H](CC1CCCCC1)C(=O)N1CCOCC1. The van der Waals surface area contributed by atoms with Crippen molar-refractivity contribution in [2.24, 2.45) is 11.8 Å². The van der Waals surface area contributed by atoms with Crippen molar-refractivity contribution in [2.45, 2.75) is 63.5 Å². The van der Waals surface area contributed by atoms with Crippen LogP contribution in [0.25, 0.3) is 11.1 Å². The predicted octanol–water partition coefficient (Wildman–Crippen LogP) is 3.71.